The second-order valence-electron chi connectivity index (χ2n) is 5.12. The predicted molar refractivity (Wildman–Crippen MR) is 80.9 cm³/mol. The maximum Gasteiger partial charge on any atom is 0.208 e. The van der Waals surface area contributed by atoms with E-state index in [0.29, 0.717) is 0 Å². The molecule has 0 fully saturated rings. The normalized spacial score (nSPS) is 15.7. The smallest absolute Gasteiger partial charge is 0.208 e. The van der Waals surface area contributed by atoms with Gasteiger partial charge >= 0.3 is 0 Å². The number of nitrogens with zero attached hydrogens (tertiary/aromatic N) is 2. The molecular weight excluding hydrogens is 244 g/mol. The Balaban J connectivity index is 1.88. The summed E-state index contributed by atoms with van der Waals surface area (Å²) in [6.07, 6.45) is 7.45. The lowest BCUT2D eigenvalue weighted by atomic mass is 10.0. The summed E-state index contributed by atoms with van der Waals surface area (Å²) in [5.74, 6) is 0. The maximum absolute atomic E-state index is 4.43. The molecule has 0 aliphatic carbocycles. The van der Waals surface area contributed by atoms with Crippen LogP contribution < -0.4 is 4.57 Å². The monoisotopic (exact) mass is 259 g/mol. The zero-order valence-electron chi connectivity index (χ0n) is 11.2. The van der Waals surface area contributed by atoms with Crippen LogP contribution >= 0.6 is 0 Å². The largest absolute Gasteiger partial charge is 0.256 e. The molecule has 1 aromatic carbocycles. The number of fused-ring (bicyclic) bond motifs is 2. The van der Waals surface area contributed by atoms with Gasteiger partial charge in [0.15, 0.2) is 12.7 Å². The highest BCUT2D eigenvalue weighted by Crippen LogP contribution is 2.26. The summed E-state index contributed by atoms with van der Waals surface area (Å²) in [6.45, 7) is 1.07. The molecule has 96 valence electrons. The number of aryl methyl sites for hydroxylation is 1. The quantitative estimate of drug-likeness (QED) is 0.611. The molecule has 1 aliphatic rings. The Morgan fingerprint density at radius 3 is 2.90 bits per heavy atom. The Bertz CT molecular complexity index is 813. The van der Waals surface area contributed by atoms with Crippen molar-refractivity contribution in [3.63, 3.8) is 0 Å². The van der Waals surface area contributed by atoms with E-state index in [1.165, 1.54) is 22.2 Å². The maximum atomic E-state index is 4.43. The Kier molecular flexibility index (Phi) is 2.59. The number of hydrogen-bond donors (Lipinski definition) is 0. The molecule has 2 heteroatoms. The molecule has 3 heterocycles. The average Bonchev–Trinajstić information content (AvgIpc) is 2.91. The molecule has 0 unspecified atom stereocenters. The van der Waals surface area contributed by atoms with Gasteiger partial charge in [-0.15, -0.1) is 0 Å². The highest BCUT2D eigenvalue weighted by molar-refractivity contribution is 5.92. The minimum absolute atomic E-state index is 1.06. The highest BCUT2D eigenvalue weighted by atomic mass is 15.0. The summed E-state index contributed by atoms with van der Waals surface area (Å²) < 4.78 is 2.31. The lowest BCUT2D eigenvalue weighted by Crippen LogP contribution is -2.31. The second-order valence-corrected chi connectivity index (χ2v) is 5.12. The molecule has 0 atom stereocenters. The van der Waals surface area contributed by atoms with Gasteiger partial charge in [-0.05, 0) is 29.8 Å². The van der Waals surface area contributed by atoms with E-state index < -0.39 is 0 Å². The zero-order valence-corrected chi connectivity index (χ0v) is 11.2. The number of rotatable bonds is 1. The molecule has 3 aromatic rings. The van der Waals surface area contributed by atoms with Crippen LogP contribution in [0.15, 0.2) is 60.9 Å². The van der Waals surface area contributed by atoms with Crippen LogP contribution in [0.2, 0.25) is 0 Å². The van der Waals surface area contributed by atoms with Gasteiger partial charge in [0.1, 0.15) is 0 Å². The van der Waals surface area contributed by atoms with Gasteiger partial charge in [0, 0.05) is 35.7 Å². The SMILES string of the molecule is C(=C1/CC[n+]2ccccc21)/c1ccnc2ccccc12. The van der Waals surface area contributed by atoms with Crippen LogP contribution in [0, 0.1) is 0 Å². The molecule has 0 saturated heterocycles. The van der Waals surface area contributed by atoms with Crippen LogP contribution in [0.1, 0.15) is 17.7 Å². The van der Waals surface area contributed by atoms with Crippen molar-refractivity contribution in [3.05, 3.63) is 72.2 Å². The van der Waals surface area contributed by atoms with Crippen LogP contribution in [0.25, 0.3) is 22.6 Å². The van der Waals surface area contributed by atoms with Gasteiger partial charge in [-0.2, -0.15) is 4.57 Å². The van der Waals surface area contributed by atoms with E-state index in [2.05, 4.69) is 64.3 Å². The Morgan fingerprint density at radius 2 is 1.90 bits per heavy atom. The fourth-order valence-electron chi connectivity index (χ4n) is 2.91. The summed E-state index contributed by atoms with van der Waals surface area (Å²) in [6, 6.07) is 16.8. The molecule has 1 aliphatic heterocycles. The molecule has 4 rings (SSSR count). The average molecular weight is 259 g/mol. The van der Waals surface area contributed by atoms with Crippen molar-refractivity contribution >= 4 is 22.6 Å². The summed E-state index contributed by atoms with van der Waals surface area (Å²) in [4.78, 5) is 4.43. The van der Waals surface area contributed by atoms with Crippen molar-refractivity contribution in [2.75, 3.05) is 0 Å². The van der Waals surface area contributed by atoms with Crippen molar-refractivity contribution in [2.24, 2.45) is 0 Å². The number of pyridine rings is 2. The third-order valence-corrected chi connectivity index (χ3v) is 3.90. The Hall–Kier alpha value is -2.48. The number of benzene rings is 1. The third-order valence-electron chi connectivity index (χ3n) is 3.90. The molecule has 0 radical (unpaired) electrons. The lowest BCUT2D eigenvalue weighted by Gasteiger charge is -2.02. The first kappa shape index (κ1) is 11.4. The van der Waals surface area contributed by atoms with E-state index in [0.717, 1.165) is 18.5 Å². The van der Waals surface area contributed by atoms with Gasteiger partial charge in [-0.3, -0.25) is 4.98 Å². The van der Waals surface area contributed by atoms with Crippen molar-refractivity contribution in [1.82, 2.24) is 4.98 Å². The number of aromatic nitrogens is 2. The number of para-hydroxylation sites is 1. The molecule has 0 bridgehead atoms. The van der Waals surface area contributed by atoms with Crippen LogP contribution in [0.4, 0.5) is 0 Å². The molecule has 0 amide bonds. The molecule has 0 N–H and O–H groups in total. The Morgan fingerprint density at radius 1 is 1.00 bits per heavy atom. The van der Waals surface area contributed by atoms with Gasteiger partial charge in [-0.25, -0.2) is 0 Å². The fraction of sp³-hybridized carbons (Fsp3) is 0.111. The van der Waals surface area contributed by atoms with Gasteiger partial charge in [0.05, 0.1) is 5.52 Å². The third kappa shape index (κ3) is 1.81. The van der Waals surface area contributed by atoms with Crippen molar-refractivity contribution in [3.8, 4) is 0 Å². The van der Waals surface area contributed by atoms with Crippen LogP contribution in [0.5, 0.6) is 0 Å². The lowest BCUT2D eigenvalue weighted by molar-refractivity contribution is -0.689. The number of hydrogen-bond acceptors (Lipinski definition) is 1. The summed E-state index contributed by atoms with van der Waals surface area (Å²) in [5, 5.41) is 1.22. The van der Waals surface area contributed by atoms with E-state index >= 15 is 0 Å². The highest BCUT2D eigenvalue weighted by Gasteiger charge is 2.22. The Labute approximate surface area is 118 Å². The van der Waals surface area contributed by atoms with E-state index in [9.17, 15) is 0 Å². The van der Waals surface area contributed by atoms with E-state index in [-0.39, 0.29) is 0 Å². The molecule has 2 aromatic heterocycles. The van der Waals surface area contributed by atoms with Crippen molar-refractivity contribution in [2.45, 2.75) is 13.0 Å². The first-order valence-electron chi connectivity index (χ1n) is 6.95. The summed E-state index contributed by atoms with van der Waals surface area (Å²) in [5.41, 5.74) is 5.04. The van der Waals surface area contributed by atoms with Gasteiger partial charge in [0.2, 0.25) is 5.69 Å². The molecule has 2 nitrogen and oxygen atoms in total. The number of allylic oxidation sites excluding steroid dienone is 1. The minimum Gasteiger partial charge on any atom is -0.256 e. The second kappa shape index (κ2) is 4.57. The van der Waals surface area contributed by atoms with Crippen LogP contribution in [-0.2, 0) is 6.54 Å². The molecule has 0 saturated carbocycles. The zero-order chi connectivity index (χ0) is 13.4. The molecule has 20 heavy (non-hydrogen) atoms. The van der Waals surface area contributed by atoms with Crippen molar-refractivity contribution in [1.29, 1.82) is 0 Å². The summed E-state index contributed by atoms with van der Waals surface area (Å²) in [7, 11) is 0. The first-order valence-corrected chi connectivity index (χ1v) is 6.95. The molecular formula is C18H15N2+. The standard InChI is InChI=1S/C18H15N2/c1-2-6-17-16(5-1)14(8-10-19-17)13-15-9-12-20-11-4-3-7-18(15)20/h1-8,10-11,13H,9,12H2/q+1/b15-13+. The van der Waals surface area contributed by atoms with Crippen molar-refractivity contribution < 1.29 is 4.57 Å². The van der Waals surface area contributed by atoms with E-state index in [4.69, 9.17) is 0 Å². The van der Waals surface area contributed by atoms with E-state index in [1.54, 1.807) is 0 Å². The van der Waals surface area contributed by atoms with Crippen LogP contribution in [-0.4, -0.2) is 4.98 Å². The predicted octanol–water partition coefficient (Wildman–Crippen LogP) is 3.47. The van der Waals surface area contributed by atoms with E-state index in [1.807, 2.05) is 12.3 Å². The van der Waals surface area contributed by atoms with Gasteiger partial charge < -0.3 is 0 Å². The van der Waals surface area contributed by atoms with Crippen LogP contribution in [0.3, 0.4) is 0 Å². The minimum atomic E-state index is 1.06. The first-order chi connectivity index (χ1) is 9.92. The molecule has 0 spiro atoms. The van der Waals surface area contributed by atoms with Gasteiger partial charge in [-0.1, -0.05) is 18.2 Å². The summed E-state index contributed by atoms with van der Waals surface area (Å²) >= 11 is 0. The topological polar surface area (TPSA) is 16.8 Å². The van der Waals surface area contributed by atoms with Gasteiger partial charge in [0.25, 0.3) is 0 Å². The fourth-order valence-corrected chi connectivity index (χ4v) is 2.91.